The minimum atomic E-state index is -1.17. The smallest absolute Gasteiger partial charge is 0.186 e. The average Bonchev–Trinajstić information content (AvgIpc) is 2.58. The normalized spacial score (nSPS) is 38.4. The van der Waals surface area contributed by atoms with E-state index in [4.69, 9.17) is 23.7 Å². The Morgan fingerprint density at radius 2 is 1.77 bits per heavy atom. The topological polar surface area (TPSA) is 86.6 Å². The van der Waals surface area contributed by atoms with Gasteiger partial charge in [-0.25, -0.2) is 0 Å². The molecule has 0 radical (unpaired) electrons. The first kappa shape index (κ1) is 15.7. The van der Waals surface area contributed by atoms with Gasteiger partial charge in [0.1, 0.15) is 30.2 Å². The molecule has 1 aromatic carbocycles. The molecule has 0 bridgehead atoms. The number of fused-ring (bicyclic) bond motifs is 1. The number of aliphatic hydroxyl groups is 2. The molecule has 0 amide bonds. The molecule has 3 rings (SSSR count). The van der Waals surface area contributed by atoms with Gasteiger partial charge in [-0.2, -0.15) is 0 Å². The van der Waals surface area contributed by atoms with Crippen LogP contribution in [0.2, 0.25) is 0 Å². The molecule has 7 nitrogen and oxygen atoms in total. The molecule has 22 heavy (non-hydrogen) atoms. The van der Waals surface area contributed by atoms with E-state index in [1.54, 1.807) is 19.2 Å². The third-order valence-electron chi connectivity index (χ3n) is 3.95. The molecule has 0 aromatic heterocycles. The van der Waals surface area contributed by atoms with Gasteiger partial charge in [-0.05, 0) is 12.1 Å². The molecule has 2 heterocycles. The molecular formula is C15H20O7. The van der Waals surface area contributed by atoms with Crippen molar-refractivity contribution in [2.45, 2.75) is 37.0 Å². The van der Waals surface area contributed by atoms with E-state index in [0.717, 1.165) is 11.3 Å². The third-order valence-corrected chi connectivity index (χ3v) is 3.95. The second kappa shape index (κ2) is 6.49. The number of aliphatic hydroxyl groups excluding tert-OH is 2. The highest BCUT2D eigenvalue weighted by molar-refractivity contribution is 5.28. The molecule has 1 unspecified atom stereocenters. The Morgan fingerprint density at radius 3 is 2.41 bits per heavy atom. The summed E-state index contributed by atoms with van der Waals surface area (Å²) in [6.45, 7) is 0.241. The van der Waals surface area contributed by atoms with Crippen LogP contribution in [0.15, 0.2) is 24.3 Å². The van der Waals surface area contributed by atoms with E-state index in [1.165, 1.54) is 7.11 Å². The maximum Gasteiger partial charge on any atom is 0.186 e. The van der Waals surface area contributed by atoms with Crippen LogP contribution in [-0.2, 0) is 18.9 Å². The van der Waals surface area contributed by atoms with Gasteiger partial charge in [0, 0.05) is 12.7 Å². The number of hydrogen-bond acceptors (Lipinski definition) is 7. The van der Waals surface area contributed by atoms with Crippen molar-refractivity contribution < 1.29 is 33.9 Å². The number of hydrogen-bond donors (Lipinski definition) is 2. The maximum absolute atomic E-state index is 10.2. The summed E-state index contributed by atoms with van der Waals surface area (Å²) in [7, 11) is 3.00. The Labute approximate surface area is 128 Å². The molecule has 2 aliphatic heterocycles. The SMILES string of the molecule is COc1ccc(C2OC[C@H]3O[C@H](OC)[C@H](O)[C@H](O)[C@H]3O2)cc1. The fourth-order valence-electron chi connectivity index (χ4n) is 2.70. The fraction of sp³-hybridized carbons (Fsp3) is 0.600. The van der Waals surface area contributed by atoms with Crippen LogP contribution in [-0.4, -0.2) is 61.7 Å². The van der Waals surface area contributed by atoms with E-state index in [9.17, 15) is 10.2 Å². The molecular weight excluding hydrogens is 292 g/mol. The largest absolute Gasteiger partial charge is 0.497 e. The van der Waals surface area contributed by atoms with Crippen LogP contribution in [0.25, 0.3) is 0 Å². The second-order valence-electron chi connectivity index (χ2n) is 5.30. The van der Waals surface area contributed by atoms with Crippen molar-refractivity contribution >= 4 is 0 Å². The van der Waals surface area contributed by atoms with E-state index >= 15 is 0 Å². The minimum absolute atomic E-state index is 0.241. The van der Waals surface area contributed by atoms with Crippen molar-refractivity contribution in [3.05, 3.63) is 29.8 Å². The first-order valence-corrected chi connectivity index (χ1v) is 7.09. The Morgan fingerprint density at radius 1 is 1.05 bits per heavy atom. The van der Waals surface area contributed by atoms with Gasteiger partial charge in [-0.1, -0.05) is 12.1 Å². The lowest BCUT2D eigenvalue weighted by Crippen LogP contribution is -2.62. The Kier molecular flexibility index (Phi) is 4.62. The minimum Gasteiger partial charge on any atom is -0.497 e. The predicted octanol–water partition coefficient (Wildman–Crippen LogP) is 0.202. The van der Waals surface area contributed by atoms with Crippen LogP contribution >= 0.6 is 0 Å². The zero-order valence-corrected chi connectivity index (χ0v) is 12.4. The quantitative estimate of drug-likeness (QED) is 0.824. The first-order chi connectivity index (χ1) is 10.6. The standard InChI is InChI=1S/C15H20O7/c1-18-9-5-3-8(4-6-9)14-20-7-10-13(22-14)11(16)12(17)15(19-2)21-10/h3-6,10-17H,7H2,1-2H3/t10-,11+,12-,13+,14?,15+/m1/s1. The predicted molar refractivity (Wildman–Crippen MR) is 74.2 cm³/mol. The van der Waals surface area contributed by atoms with Crippen molar-refractivity contribution in [3.63, 3.8) is 0 Å². The summed E-state index contributed by atoms with van der Waals surface area (Å²) in [4.78, 5) is 0. The molecule has 6 atom stereocenters. The zero-order chi connectivity index (χ0) is 15.7. The zero-order valence-electron chi connectivity index (χ0n) is 12.4. The van der Waals surface area contributed by atoms with Gasteiger partial charge in [-0.15, -0.1) is 0 Å². The van der Waals surface area contributed by atoms with Crippen LogP contribution in [0, 0.1) is 0 Å². The molecule has 0 spiro atoms. The third kappa shape index (κ3) is 2.83. The Bertz CT molecular complexity index is 489. The number of benzene rings is 1. The Balaban J connectivity index is 1.72. The molecule has 2 N–H and O–H groups in total. The highest BCUT2D eigenvalue weighted by Crippen LogP contribution is 2.34. The highest BCUT2D eigenvalue weighted by atomic mass is 16.7. The van der Waals surface area contributed by atoms with E-state index in [2.05, 4.69) is 0 Å². The average molecular weight is 312 g/mol. The van der Waals surface area contributed by atoms with Crippen molar-refractivity contribution in [1.29, 1.82) is 0 Å². The summed E-state index contributed by atoms with van der Waals surface area (Å²) >= 11 is 0. The van der Waals surface area contributed by atoms with Gasteiger partial charge in [0.15, 0.2) is 12.6 Å². The molecule has 7 heteroatoms. The first-order valence-electron chi connectivity index (χ1n) is 7.09. The van der Waals surface area contributed by atoms with Crippen molar-refractivity contribution in [2.24, 2.45) is 0 Å². The summed E-state index contributed by atoms with van der Waals surface area (Å²) in [6.07, 6.45) is -4.95. The van der Waals surface area contributed by atoms with Crippen molar-refractivity contribution in [3.8, 4) is 5.75 Å². The summed E-state index contributed by atoms with van der Waals surface area (Å²) in [5.74, 6) is 0.733. The Hall–Kier alpha value is -1.22. The molecule has 2 aliphatic rings. The van der Waals surface area contributed by atoms with Crippen LogP contribution < -0.4 is 4.74 Å². The van der Waals surface area contributed by atoms with Gasteiger partial charge in [-0.3, -0.25) is 0 Å². The maximum atomic E-state index is 10.2. The van der Waals surface area contributed by atoms with Crippen molar-refractivity contribution in [1.82, 2.24) is 0 Å². The molecule has 0 saturated carbocycles. The molecule has 122 valence electrons. The number of ether oxygens (including phenoxy) is 5. The molecule has 0 aliphatic carbocycles. The molecule has 1 aromatic rings. The van der Waals surface area contributed by atoms with Crippen molar-refractivity contribution in [2.75, 3.05) is 20.8 Å². The second-order valence-corrected chi connectivity index (χ2v) is 5.30. The van der Waals surface area contributed by atoms with Gasteiger partial charge in [0.05, 0.1) is 13.7 Å². The monoisotopic (exact) mass is 312 g/mol. The van der Waals surface area contributed by atoms with Gasteiger partial charge < -0.3 is 33.9 Å². The lowest BCUT2D eigenvalue weighted by Gasteiger charge is -2.45. The van der Waals surface area contributed by atoms with Gasteiger partial charge in [0.25, 0.3) is 0 Å². The van der Waals surface area contributed by atoms with E-state index < -0.39 is 37.0 Å². The summed E-state index contributed by atoms with van der Waals surface area (Å²) < 4.78 is 27.1. The van der Waals surface area contributed by atoms with E-state index in [-0.39, 0.29) is 6.61 Å². The van der Waals surface area contributed by atoms with E-state index in [1.807, 2.05) is 12.1 Å². The summed E-state index contributed by atoms with van der Waals surface area (Å²) in [5.41, 5.74) is 0.801. The summed E-state index contributed by atoms with van der Waals surface area (Å²) in [6, 6.07) is 7.26. The lowest BCUT2D eigenvalue weighted by atomic mass is 9.98. The van der Waals surface area contributed by atoms with Gasteiger partial charge in [0.2, 0.25) is 0 Å². The van der Waals surface area contributed by atoms with E-state index in [0.29, 0.717) is 0 Å². The lowest BCUT2D eigenvalue weighted by molar-refractivity contribution is -0.358. The molecule has 2 fully saturated rings. The van der Waals surface area contributed by atoms with Crippen LogP contribution in [0.4, 0.5) is 0 Å². The van der Waals surface area contributed by atoms with Crippen LogP contribution in [0.5, 0.6) is 5.75 Å². The van der Waals surface area contributed by atoms with Crippen LogP contribution in [0.1, 0.15) is 11.9 Å². The number of rotatable bonds is 3. The fourth-order valence-corrected chi connectivity index (χ4v) is 2.70. The number of methoxy groups -OCH3 is 2. The van der Waals surface area contributed by atoms with Crippen LogP contribution in [0.3, 0.4) is 0 Å². The van der Waals surface area contributed by atoms with Gasteiger partial charge >= 0.3 is 0 Å². The highest BCUT2D eigenvalue weighted by Gasteiger charge is 2.48. The summed E-state index contributed by atoms with van der Waals surface area (Å²) in [5, 5.41) is 20.2. The molecule has 2 saturated heterocycles.